The predicted octanol–water partition coefficient (Wildman–Crippen LogP) is 4.65. The zero-order valence-electron chi connectivity index (χ0n) is 22.5. The van der Waals surface area contributed by atoms with Crippen molar-refractivity contribution in [2.75, 3.05) is 47.0 Å². The Morgan fingerprint density at radius 1 is 0.973 bits per heavy atom. The minimum atomic E-state index is -0.728. The largest absolute Gasteiger partial charge is 0.507 e. The van der Waals surface area contributed by atoms with Gasteiger partial charge < -0.3 is 29.1 Å². The first-order chi connectivity index (χ1) is 17.9. The van der Waals surface area contributed by atoms with Crippen LogP contribution in [0, 0.1) is 0 Å². The maximum absolute atomic E-state index is 13.3. The molecule has 2 aromatic rings. The highest BCUT2D eigenvalue weighted by Gasteiger charge is 2.46. The highest BCUT2D eigenvalue weighted by Crippen LogP contribution is 2.41. The van der Waals surface area contributed by atoms with Crippen molar-refractivity contribution in [3.8, 4) is 17.2 Å². The van der Waals surface area contributed by atoms with Gasteiger partial charge in [-0.15, -0.1) is 0 Å². The van der Waals surface area contributed by atoms with Crippen molar-refractivity contribution in [2.45, 2.75) is 39.7 Å². The molecule has 1 aliphatic heterocycles. The molecule has 1 heterocycles. The van der Waals surface area contributed by atoms with E-state index < -0.39 is 17.7 Å². The van der Waals surface area contributed by atoms with E-state index in [2.05, 4.69) is 25.7 Å². The van der Waals surface area contributed by atoms with E-state index in [9.17, 15) is 14.7 Å². The highest BCUT2D eigenvalue weighted by atomic mass is 16.5. The normalized spacial score (nSPS) is 16.9. The maximum Gasteiger partial charge on any atom is 0.295 e. The lowest BCUT2D eigenvalue weighted by molar-refractivity contribution is -0.140. The number of likely N-dealkylation sites (N-methyl/N-ethyl adjacent to an activating group) is 1. The number of benzene rings is 2. The third kappa shape index (κ3) is 6.25. The van der Waals surface area contributed by atoms with Gasteiger partial charge in [-0.1, -0.05) is 39.3 Å². The van der Waals surface area contributed by atoms with Crippen molar-refractivity contribution in [3.63, 3.8) is 0 Å². The Bertz CT molecular complexity index is 1110. The van der Waals surface area contributed by atoms with E-state index in [1.807, 2.05) is 24.3 Å². The first-order valence-electron chi connectivity index (χ1n) is 12.9. The molecule has 37 heavy (non-hydrogen) atoms. The van der Waals surface area contributed by atoms with Crippen LogP contribution in [0.2, 0.25) is 0 Å². The fraction of sp³-hybridized carbons (Fsp3) is 0.448. The van der Waals surface area contributed by atoms with Crippen molar-refractivity contribution >= 4 is 17.4 Å². The van der Waals surface area contributed by atoms with Crippen molar-refractivity contribution < 1.29 is 28.9 Å². The molecule has 1 fully saturated rings. The number of unbranched alkanes of at least 4 members (excludes halogenated alkanes) is 1. The van der Waals surface area contributed by atoms with Crippen LogP contribution in [0.1, 0.15) is 50.8 Å². The topological polar surface area (TPSA) is 88.5 Å². The molecule has 1 amide bonds. The van der Waals surface area contributed by atoms with Crippen LogP contribution in [0.3, 0.4) is 0 Å². The van der Waals surface area contributed by atoms with E-state index >= 15 is 0 Å². The van der Waals surface area contributed by atoms with Crippen LogP contribution in [-0.4, -0.2) is 73.6 Å². The van der Waals surface area contributed by atoms with Gasteiger partial charge >= 0.3 is 0 Å². The van der Waals surface area contributed by atoms with Crippen molar-refractivity contribution in [3.05, 3.63) is 59.2 Å². The van der Waals surface area contributed by atoms with Gasteiger partial charge in [0.2, 0.25) is 0 Å². The summed E-state index contributed by atoms with van der Waals surface area (Å²) in [4.78, 5) is 30.3. The summed E-state index contributed by atoms with van der Waals surface area (Å²) in [5.41, 5.74) is 1.14. The van der Waals surface area contributed by atoms with Gasteiger partial charge in [0.1, 0.15) is 11.5 Å². The Labute approximate surface area is 219 Å². The third-order valence-corrected chi connectivity index (χ3v) is 6.71. The second-order valence-corrected chi connectivity index (χ2v) is 8.86. The van der Waals surface area contributed by atoms with E-state index in [0.717, 1.165) is 37.2 Å². The molecule has 2 aromatic carbocycles. The number of ketones is 1. The summed E-state index contributed by atoms with van der Waals surface area (Å²) in [6, 6.07) is 11.5. The molecule has 200 valence electrons. The first kappa shape index (κ1) is 28.1. The van der Waals surface area contributed by atoms with Crippen molar-refractivity contribution in [1.29, 1.82) is 0 Å². The summed E-state index contributed by atoms with van der Waals surface area (Å²) < 4.78 is 16.5. The minimum absolute atomic E-state index is 0.0522. The number of likely N-dealkylation sites (tertiary alicyclic amines) is 1. The van der Waals surface area contributed by atoms with Crippen LogP contribution in [0.15, 0.2) is 48.0 Å². The Morgan fingerprint density at radius 3 is 2.24 bits per heavy atom. The van der Waals surface area contributed by atoms with E-state index in [-0.39, 0.29) is 11.3 Å². The number of aliphatic hydroxyl groups excluding tert-OH is 1. The quantitative estimate of drug-likeness (QED) is 0.182. The number of nitrogens with zero attached hydrogens (tertiary/aromatic N) is 2. The molecule has 1 atom stereocenters. The number of rotatable bonds is 13. The predicted molar refractivity (Wildman–Crippen MR) is 143 cm³/mol. The zero-order chi connectivity index (χ0) is 26.9. The second-order valence-electron chi connectivity index (χ2n) is 8.86. The van der Waals surface area contributed by atoms with Gasteiger partial charge in [-0.05, 0) is 55.4 Å². The zero-order valence-corrected chi connectivity index (χ0v) is 22.5. The van der Waals surface area contributed by atoms with Gasteiger partial charge in [0.25, 0.3) is 11.7 Å². The molecule has 0 bridgehead atoms. The number of carbonyl (C=O) groups is 2. The van der Waals surface area contributed by atoms with Crippen molar-refractivity contribution in [2.24, 2.45) is 0 Å². The molecule has 0 unspecified atom stereocenters. The Kier molecular flexibility index (Phi) is 9.97. The first-order valence-corrected chi connectivity index (χ1v) is 12.9. The third-order valence-electron chi connectivity index (χ3n) is 6.71. The monoisotopic (exact) mass is 510 g/mol. The van der Waals surface area contributed by atoms with Crippen LogP contribution >= 0.6 is 0 Å². The molecular formula is C29H38N2O6. The molecular weight excluding hydrogens is 472 g/mol. The van der Waals surface area contributed by atoms with Crippen LogP contribution in [0.25, 0.3) is 5.76 Å². The number of aliphatic hydroxyl groups is 1. The van der Waals surface area contributed by atoms with E-state index in [0.29, 0.717) is 36.8 Å². The van der Waals surface area contributed by atoms with Gasteiger partial charge in [0, 0.05) is 18.7 Å². The molecule has 0 radical (unpaired) electrons. The number of amides is 1. The number of ether oxygens (including phenoxy) is 3. The van der Waals surface area contributed by atoms with E-state index in [1.54, 1.807) is 23.1 Å². The molecule has 1 N–H and O–H groups in total. The average Bonchev–Trinajstić information content (AvgIpc) is 3.18. The summed E-state index contributed by atoms with van der Waals surface area (Å²) in [7, 11) is 3.02. The number of hydrogen-bond donors (Lipinski definition) is 1. The smallest absolute Gasteiger partial charge is 0.295 e. The number of hydrogen-bond acceptors (Lipinski definition) is 7. The number of carbonyl (C=O) groups excluding carboxylic acids is 2. The fourth-order valence-corrected chi connectivity index (χ4v) is 4.47. The van der Waals surface area contributed by atoms with Crippen LogP contribution in [0.4, 0.5) is 0 Å². The Morgan fingerprint density at radius 2 is 1.65 bits per heavy atom. The van der Waals surface area contributed by atoms with E-state index in [1.165, 1.54) is 14.2 Å². The highest BCUT2D eigenvalue weighted by molar-refractivity contribution is 6.46. The van der Waals surface area contributed by atoms with Gasteiger partial charge in [0.05, 0.1) is 32.4 Å². The molecule has 0 saturated carbocycles. The lowest BCUT2D eigenvalue weighted by atomic mass is 9.95. The van der Waals surface area contributed by atoms with Gasteiger partial charge in [-0.2, -0.15) is 0 Å². The minimum Gasteiger partial charge on any atom is -0.507 e. The molecule has 3 rings (SSSR count). The lowest BCUT2D eigenvalue weighted by Gasteiger charge is -2.28. The Balaban J connectivity index is 2.06. The standard InChI is InChI=1S/C29H38N2O6/c1-6-9-18-37-22-13-10-20(11-14-22)26-25(27(32)21-12-15-23(35-4)24(19-21)36-5)28(33)29(34)31(26)17-16-30(7-2)8-3/h10-15,19,26,32H,6-9,16-18H2,1-5H3/t26-/m1/s1. The van der Waals surface area contributed by atoms with Gasteiger partial charge in [-0.25, -0.2) is 0 Å². The van der Waals surface area contributed by atoms with Crippen molar-refractivity contribution in [1.82, 2.24) is 9.80 Å². The number of methoxy groups -OCH3 is 2. The molecule has 0 aliphatic carbocycles. The maximum atomic E-state index is 13.3. The molecule has 8 nitrogen and oxygen atoms in total. The number of Topliss-reactive ketones (excluding diaryl/α,β-unsaturated/α-hetero) is 1. The fourth-order valence-electron chi connectivity index (χ4n) is 4.47. The van der Waals surface area contributed by atoms with Gasteiger partial charge in [0.15, 0.2) is 11.5 Å². The molecule has 1 saturated heterocycles. The SMILES string of the molecule is CCCCOc1ccc([C@@H]2C(=C(O)c3ccc(OC)c(OC)c3)C(=O)C(=O)N2CCN(CC)CC)cc1. The van der Waals surface area contributed by atoms with Crippen LogP contribution in [-0.2, 0) is 9.59 Å². The lowest BCUT2D eigenvalue weighted by Crippen LogP contribution is -2.38. The van der Waals surface area contributed by atoms with E-state index in [4.69, 9.17) is 14.2 Å². The molecule has 0 aromatic heterocycles. The summed E-state index contributed by atoms with van der Waals surface area (Å²) in [5, 5.41) is 11.4. The second kappa shape index (κ2) is 13.1. The van der Waals surface area contributed by atoms with Crippen LogP contribution < -0.4 is 14.2 Å². The summed E-state index contributed by atoms with van der Waals surface area (Å²) in [6.45, 7) is 9.48. The summed E-state index contributed by atoms with van der Waals surface area (Å²) >= 11 is 0. The molecule has 1 aliphatic rings. The molecule has 8 heteroatoms. The average molecular weight is 511 g/mol. The summed E-state index contributed by atoms with van der Waals surface area (Å²) in [5.74, 6) is 0.0408. The van der Waals surface area contributed by atoms with Crippen LogP contribution in [0.5, 0.6) is 17.2 Å². The van der Waals surface area contributed by atoms with Gasteiger partial charge in [-0.3, -0.25) is 9.59 Å². The molecule has 0 spiro atoms. The Hall–Kier alpha value is -3.52. The summed E-state index contributed by atoms with van der Waals surface area (Å²) in [6.07, 6.45) is 1.99.